The van der Waals surface area contributed by atoms with Crippen LogP contribution in [0.5, 0.6) is 0 Å². The van der Waals surface area contributed by atoms with Crippen molar-refractivity contribution in [1.82, 2.24) is 10.7 Å². The second-order valence-corrected chi connectivity index (χ2v) is 4.63. The fourth-order valence-corrected chi connectivity index (χ4v) is 1.32. The molecule has 0 aliphatic rings. The van der Waals surface area contributed by atoms with Crippen LogP contribution in [0.15, 0.2) is 4.99 Å². The number of aliphatic imine (C=N–C) groups is 1. The molecule has 0 aromatic heterocycles. The summed E-state index contributed by atoms with van der Waals surface area (Å²) < 4.78 is 0. The van der Waals surface area contributed by atoms with Gasteiger partial charge in [0.1, 0.15) is 0 Å². The number of guanidine groups is 1. The fraction of sp³-hybridized carbons (Fsp3) is 0.909. The average Bonchev–Trinajstić information content (AvgIpc) is 2.17. The molecule has 15 heavy (non-hydrogen) atoms. The molecule has 0 saturated carbocycles. The minimum Gasteiger partial charge on any atom is -0.352 e. The van der Waals surface area contributed by atoms with E-state index in [4.69, 9.17) is 5.84 Å². The van der Waals surface area contributed by atoms with Crippen molar-refractivity contribution in [2.75, 3.05) is 6.54 Å². The Kier molecular flexibility index (Phi) is 7.13. The van der Waals surface area contributed by atoms with Gasteiger partial charge in [-0.15, -0.1) is 0 Å². The normalized spacial score (nSPS) is 14.5. The summed E-state index contributed by atoms with van der Waals surface area (Å²) in [5, 5.41) is 3.32. The molecule has 0 rings (SSSR count). The van der Waals surface area contributed by atoms with Crippen LogP contribution < -0.4 is 16.6 Å². The van der Waals surface area contributed by atoms with Crippen LogP contribution in [0.3, 0.4) is 0 Å². The number of hydrogen-bond acceptors (Lipinski definition) is 2. The highest BCUT2D eigenvalue weighted by atomic mass is 15.3. The highest BCUT2D eigenvalue weighted by Crippen LogP contribution is 2.04. The number of hydrazine groups is 1. The maximum Gasteiger partial charge on any atom is 0.205 e. The minimum atomic E-state index is 0.423. The third kappa shape index (κ3) is 6.33. The predicted octanol–water partition coefficient (Wildman–Crippen LogP) is 1.49. The van der Waals surface area contributed by atoms with Gasteiger partial charge in [-0.2, -0.15) is 0 Å². The zero-order valence-electron chi connectivity index (χ0n) is 10.7. The Bertz CT molecular complexity index is 187. The SMILES string of the molecule is CCC(NC(=NCC(C)C)NN)C(C)C. The second-order valence-electron chi connectivity index (χ2n) is 4.63. The molecule has 0 amide bonds. The molecule has 0 aliphatic carbocycles. The third-order valence-corrected chi connectivity index (χ3v) is 2.32. The molecule has 0 saturated heterocycles. The summed E-state index contributed by atoms with van der Waals surface area (Å²) in [5.74, 6) is 7.24. The Morgan fingerprint density at radius 3 is 2.20 bits per heavy atom. The summed E-state index contributed by atoms with van der Waals surface area (Å²) in [7, 11) is 0. The Morgan fingerprint density at radius 2 is 1.87 bits per heavy atom. The molecular formula is C11H26N4. The molecule has 1 unspecified atom stereocenters. The van der Waals surface area contributed by atoms with E-state index in [9.17, 15) is 0 Å². The maximum absolute atomic E-state index is 5.42. The lowest BCUT2D eigenvalue weighted by Gasteiger charge is -2.22. The summed E-state index contributed by atoms with van der Waals surface area (Å²) >= 11 is 0. The van der Waals surface area contributed by atoms with E-state index in [0.29, 0.717) is 23.8 Å². The number of nitrogens with one attached hydrogen (secondary N) is 2. The van der Waals surface area contributed by atoms with Gasteiger partial charge in [0.15, 0.2) is 0 Å². The van der Waals surface area contributed by atoms with Gasteiger partial charge in [0.2, 0.25) is 5.96 Å². The standard InChI is InChI=1S/C11H26N4/c1-6-10(9(4)5)14-11(15-12)13-7-8(2)3/h8-10H,6-7,12H2,1-5H3,(H2,13,14,15). The Hall–Kier alpha value is -0.770. The predicted molar refractivity (Wildman–Crippen MR) is 66.5 cm³/mol. The fourth-order valence-electron chi connectivity index (χ4n) is 1.32. The number of rotatable bonds is 5. The Balaban J connectivity index is 4.23. The molecular weight excluding hydrogens is 188 g/mol. The van der Waals surface area contributed by atoms with Crippen LogP contribution in [0.2, 0.25) is 0 Å². The largest absolute Gasteiger partial charge is 0.352 e. The van der Waals surface area contributed by atoms with E-state index in [1.54, 1.807) is 0 Å². The van der Waals surface area contributed by atoms with Crippen LogP contribution in [0.1, 0.15) is 41.0 Å². The molecule has 0 spiro atoms. The van der Waals surface area contributed by atoms with Crippen LogP contribution in [-0.2, 0) is 0 Å². The average molecular weight is 214 g/mol. The van der Waals surface area contributed by atoms with E-state index in [0.717, 1.165) is 13.0 Å². The zero-order chi connectivity index (χ0) is 11.8. The first-order valence-electron chi connectivity index (χ1n) is 5.78. The van der Waals surface area contributed by atoms with Gasteiger partial charge < -0.3 is 5.32 Å². The van der Waals surface area contributed by atoms with Crippen molar-refractivity contribution in [2.24, 2.45) is 22.7 Å². The molecule has 0 aliphatic heterocycles. The molecule has 0 fully saturated rings. The van der Waals surface area contributed by atoms with Crippen molar-refractivity contribution in [1.29, 1.82) is 0 Å². The molecule has 4 N–H and O–H groups in total. The summed E-state index contributed by atoms with van der Waals surface area (Å²) in [6, 6.07) is 0.423. The molecule has 1 atom stereocenters. The highest BCUT2D eigenvalue weighted by molar-refractivity contribution is 5.79. The van der Waals surface area contributed by atoms with Crippen molar-refractivity contribution in [2.45, 2.75) is 47.1 Å². The Labute approximate surface area is 93.7 Å². The van der Waals surface area contributed by atoms with Crippen LogP contribution in [0, 0.1) is 11.8 Å². The Morgan fingerprint density at radius 1 is 1.27 bits per heavy atom. The van der Waals surface area contributed by atoms with Crippen molar-refractivity contribution in [3.8, 4) is 0 Å². The summed E-state index contributed by atoms with van der Waals surface area (Å²) in [5.41, 5.74) is 2.62. The lowest BCUT2D eigenvalue weighted by molar-refractivity contribution is 0.436. The molecule has 0 aromatic rings. The van der Waals surface area contributed by atoms with Gasteiger partial charge in [0.05, 0.1) is 0 Å². The topological polar surface area (TPSA) is 62.4 Å². The van der Waals surface area contributed by atoms with Gasteiger partial charge in [-0.05, 0) is 18.3 Å². The molecule has 0 aromatic carbocycles. The van der Waals surface area contributed by atoms with Crippen LogP contribution in [0.4, 0.5) is 0 Å². The van der Waals surface area contributed by atoms with E-state index in [2.05, 4.69) is 50.4 Å². The lowest BCUT2D eigenvalue weighted by Crippen LogP contribution is -2.48. The molecule has 90 valence electrons. The molecule has 0 heterocycles. The van der Waals surface area contributed by atoms with E-state index in [1.807, 2.05) is 0 Å². The van der Waals surface area contributed by atoms with Crippen LogP contribution >= 0.6 is 0 Å². The van der Waals surface area contributed by atoms with Gasteiger partial charge in [-0.3, -0.25) is 10.4 Å². The first kappa shape index (κ1) is 14.2. The molecule has 0 bridgehead atoms. The molecule has 0 radical (unpaired) electrons. The number of nitrogens with zero attached hydrogens (tertiary/aromatic N) is 1. The lowest BCUT2D eigenvalue weighted by atomic mass is 10.0. The summed E-state index contributed by atoms with van der Waals surface area (Å²) in [6.45, 7) is 11.6. The van der Waals surface area contributed by atoms with Crippen LogP contribution in [0.25, 0.3) is 0 Å². The van der Waals surface area contributed by atoms with E-state index in [1.165, 1.54) is 0 Å². The van der Waals surface area contributed by atoms with Gasteiger partial charge in [0.25, 0.3) is 0 Å². The summed E-state index contributed by atoms with van der Waals surface area (Å²) in [6.07, 6.45) is 1.07. The van der Waals surface area contributed by atoms with Gasteiger partial charge in [-0.25, -0.2) is 5.84 Å². The quantitative estimate of drug-likeness (QED) is 0.281. The van der Waals surface area contributed by atoms with Crippen LogP contribution in [-0.4, -0.2) is 18.5 Å². The first-order chi connectivity index (χ1) is 7.01. The van der Waals surface area contributed by atoms with Crippen molar-refractivity contribution in [3.05, 3.63) is 0 Å². The minimum absolute atomic E-state index is 0.423. The second kappa shape index (κ2) is 7.51. The first-order valence-corrected chi connectivity index (χ1v) is 5.78. The van der Waals surface area contributed by atoms with E-state index in [-0.39, 0.29) is 0 Å². The van der Waals surface area contributed by atoms with Crippen molar-refractivity contribution in [3.63, 3.8) is 0 Å². The number of nitrogens with two attached hydrogens (primary N) is 1. The third-order valence-electron chi connectivity index (χ3n) is 2.32. The van der Waals surface area contributed by atoms with Gasteiger partial charge in [-0.1, -0.05) is 34.6 Å². The number of hydrogen-bond donors (Lipinski definition) is 3. The smallest absolute Gasteiger partial charge is 0.205 e. The maximum atomic E-state index is 5.42. The molecule has 4 heteroatoms. The van der Waals surface area contributed by atoms with Crippen molar-refractivity contribution >= 4 is 5.96 Å². The van der Waals surface area contributed by atoms with Gasteiger partial charge in [0, 0.05) is 12.6 Å². The molecule has 4 nitrogen and oxygen atoms in total. The zero-order valence-corrected chi connectivity index (χ0v) is 10.7. The van der Waals surface area contributed by atoms with E-state index >= 15 is 0 Å². The van der Waals surface area contributed by atoms with Gasteiger partial charge >= 0.3 is 0 Å². The monoisotopic (exact) mass is 214 g/mol. The van der Waals surface area contributed by atoms with Crippen molar-refractivity contribution < 1.29 is 0 Å². The van der Waals surface area contributed by atoms with E-state index < -0.39 is 0 Å². The summed E-state index contributed by atoms with van der Waals surface area (Å²) in [4.78, 5) is 4.38. The highest BCUT2D eigenvalue weighted by Gasteiger charge is 2.11.